The van der Waals surface area contributed by atoms with Crippen LogP contribution in [0.4, 0.5) is 5.82 Å². The molecule has 0 spiro atoms. The Balaban J connectivity index is 1.69. The van der Waals surface area contributed by atoms with Crippen molar-refractivity contribution in [3.8, 4) is 5.75 Å². The number of amides is 1. The van der Waals surface area contributed by atoms with Crippen molar-refractivity contribution >= 4 is 28.4 Å². The lowest BCUT2D eigenvalue weighted by atomic mass is 10.1. The number of nitrogens with one attached hydrogen (secondary N) is 2. The van der Waals surface area contributed by atoms with Gasteiger partial charge < -0.3 is 20.5 Å². The number of unbranched alkanes of at least 4 members (excludes halogenated alkanes) is 1. The molecule has 0 saturated heterocycles. The van der Waals surface area contributed by atoms with Gasteiger partial charge in [0.2, 0.25) is 11.6 Å². The smallest absolute Gasteiger partial charge is 0.249 e. The van der Waals surface area contributed by atoms with Crippen LogP contribution in [0.25, 0.3) is 16.7 Å². The molecule has 0 radical (unpaired) electrons. The third-order valence-corrected chi connectivity index (χ3v) is 5.11. The fourth-order valence-electron chi connectivity index (χ4n) is 3.37. The largest absolute Gasteiger partial charge is 0.494 e. The summed E-state index contributed by atoms with van der Waals surface area (Å²) in [6.07, 6.45) is 0.636. The molecule has 9 heteroatoms. The average molecular weight is 415 g/mol. The van der Waals surface area contributed by atoms with Gasteiger partial charge >= 0.3 is 0 Å². The Bertz CT molecular complexity index is 1050. The molecule has 3 N–H and O–H groups in total. The molecule has 0 bridgehead atoms. The maximum absolute atomic E-state index is 11.8. The Morgan fingerprint density at radius 3 is 2.63 bits per heavy atom. The number of nitrogens with zero attached hydrogens (tertiary/aromatic N) is 4. The van der Waals surface area contributed by atoms with Crippen LogP contribution < -0.4 is 15.4 Å². The minimum absolute atomic E-state index is 0.0970. The lowest BCUT2D eigenvalue weighted by molar-refractivity contribution is -0.131. The van der Waals surface area contributed by atoms with Crippen LogP contribution in [-0.2, 0) is 4.79 Å². The molecule has 1 atom stereocenters. The van der Waals surface area contributed by atoms with Crippen molar-refractivity contribution in [1.29, 1.82) is 0 Å². The van der Waals surface area contributed by atoms with Gasteiger partial charge in [-0.2, -0.15) is 0 Å². The van der Waals surface area contributed by atoms with Crippen LogP contribution in [-0.4, -0.2) is 56.9 Å². The molecule has 0 saturated carbocycles. The number of carbonyl (C=O) groups is 1. The Labute approximate surface area is 175 Å². The first-order chi connectivity index (χ1) is 14.3. The fourth-order valence-corrected chi connectivity index (χ4v) is 3.37. The SMILES string of the molecule is COc1c(C)ccc2c1nc(NCCCCNC(=O)[C@@H](O)C(C)C)c1nnc(C)n12. The van der Waals surface area contributed by atoms with Crippen LogP contribution in [0.5, 0.6) is 5.75 Å². The highest BCUT2D eigenvalue weighted by Gasteiger charge is 2.18. The van der Waals surface area contributed by atoms with Crippen molar-refractivity contribution < 1.29 is 14.6 Å². The summed E-state index contributed by atoms with van der Waals surface area (Å²) in [5.41, 5.74) is 3.32. The molecule has 162 valence electrons. The topological polar surface area (TPSA) is 114 Å². The van der Waals surface area contributed by atoms with Crippen molar-refractivity contribution in [2.75, 3.05) is 25.5 Å². The van der Waals surface area contributed by atoms with E-state index in [4.69, 9.17) is 9.72 Å². The quantitative estimate of drug-likeness (QED) is 0.460. The molecule has 0 aliphatic heterocycles. The van der Waals surface area contributed by atoms with Crippen LogP contribution in [0, 0.1) is 19.8 Å². The van der Waals surface area contributed by atoms with E-state index in [-0.39, 0.29) is 11.8 Å². The summed E-state index contributed by atoms with van der Waals surface area (Å²) in [5, 5.41) is 24.3. The van der Waals surface area contributed by atoms with E-state index in [1.54, 1.807) is 7.11 Å². The Hall–Kier alpha value is -2.94. The Morgan fingerprint density at radius 1 is 1.20 bits per heavy atom. The predicted molar refractivity (Wildman–Crippen MR) is 116 cm³/mol. The number of aliphatic hydroxyl groups is 1. The zero-order chi connectivity index (χ0) is 21.8. The number of benzene rings is 1. The monoisotopic (exact) mass is 414 g/mol. The van der Waals surface area contributed by atoms with Gasteiger partial charge in [-0.05, 0) is 44.2 Å². The van der Waals surface area contributed by atoms with Gasteiger partial charge in [-0.1, -0.05) is 19.9 Å². The van der Waals surface area contributed by atoms with E-state index in [1.165, 1.54) is 0 Å². The van der Waals surface area contributed by atoms with Gasteiger partial charge in [0.25, 0.3) is 0 Å². The number of anilines is 1. The zero-order valence-electron chi connectivity index (χ0n) is 18.2. The summed E-state index contributed by atoms with van der Waals surface area (Å²) in [6, 6.07) is 4.00. The summed E-state index contributed by atoms with van der Waals surface area (Å²) in [4.78, 5) is 16.6. The number of methoxy groups -OCH3 is 1. The molecule has 2 heterocycles. The number of rotatable bonds is 9. The molecular weight excluding hydrogens is 384 g/mol. The zero-order valence-corrected chi connectivity index (χ0v) is 18.2. The standard InChI is InChI=1S/C21H30N6O3/c1-12(2)17(28)21(29)23-11-7-6-10-22-19-20-26-25-14(4)27(20)15-9-8-13(3)18(30-5)16(15)24-19/h8-9,12,17,28H,6-7,10-11H2,1-5H3,(H,22,24)(H,23,29)/t17-/m0/s1. The summed E-state index contributed by atoms with van der Waals surface area (Å²) in [5.74, 6) is 1.73. The third kappa shape index (κ3) is 4.30. The first-order valence-corrected chi connectivity index (χ1v) is 10.2. The lowest BCUT2D eigenvalue weighted by Gasteiger charge is -2.14. The van der Waals surface area contributed by atoms with Crippen molar-refractivity contribution in [2.24, 2.45) is 5.92 Å². The van der Waals surface area contributed by atoms with Crippen LogP contribution >= 0.6 is 0 Å². The Kier molecular flexibility index (Phi) is 6.71. The van der Waals surface area contributed by atoms with E-state index in [0.717, 1.165) is 41.0 Å². The first kappa shape index (κ1) is 21.8. The highest BCUT2D eigenvalue weighted by Crippen LogP contribution is 2.31. The van der Waals surface area contributed by atoms with Gasteiger partial charge in [0.1, 0.15) is 23.2 Å². The third-order valence-electron chi connectivity index (χ3n) is 5.11. The molecule has 0 aliphatic carbocycles. The number of hydrogen-bond acceptors (Lipinski definition) is 7. The summed E-state index contributed by atoms with van der Waals surface area (Å²) < 4.78 is 7.56. The second-order valence-corrected chi connectivity index (χ2v) is 7.76. The van der Waals surface area contributed by atoms with Crippen LogP contribution in [0.3, 0.4) is 0 Å². The second kappa shape index (κ2) is 9.25. The number of aromatic nitrogens is 4. The molecule has 0 fully saturated rings. The molecule has 1 aromatic carbocycles. The van der Waals surface area contributed by atoms with Gasteiger partial charge in [0.15, 0.2) is 5.82 Å². The van der Waals surface area contributed by atoms with Crippen molar-refractivity contribution in [3.63, 3.8) is 0 Å². The molecular formula is C21H30N6O3. The van der Waals surface area contributed by atoms with E-state index >= 15 is 0 Å². The van der Waals surface area contributed by atoms with E-state index in [9.17, 15) is 9.90 Å². The van der Waals surface area contributed by atoms with Gasteiger partial charge in [-0.3, -0.25) is 9.20 Å². The van der Waals surface area contributed by atoms with Gasteiger partial charge in [0.05, 0.1) is 12.6 Å². The summed E-state index contributed by atoms with van der Waals surface area (Å²) in [6.45, 7) is 8.70. The maximum Gasteiger partial charge on any atom is 0.249 e. The van der Waals surface area contributed by atoms with Gasteiger partial charge in [-0.15, -0.1) is 10.2 Å². The highest BCUT2D eigenvalue weighted by atomic mass is 16.5. The molecule has 2 aromatic heterocycles. The van der Waals surface area contributed by atoms with Crippen molar-refractivity contribution in [1.82, 2.24) is 24.9 Å². The number of aliphatic hydroxyl groups excluding tert-OH is 1. The lowest BCUT2D eigenvalue weighted by Crippen LogP contribution is -2.38. The van der Waals surface area contributed by atoms with Gasteiger partial charge in [-0.25, -0.2) is 4.98 Å². The Morgan fingerprint density at radius 2 is 1.93 bits per heavy atom. The van der Waals surface area contributed by atoms with E-state index in [2.05, 4.69) is 20.8 Å². The molecule has 3 rings (SSSR count). The normalized spacial score (nSPS) is 12.5. The van der Waals surface area contributed by atoms with E-state index in [0.29, 0.717) is 24.6 Å². The summed E-state index contributed by atoms with van der Waals surface area (Å²) >= 11 is 0. The minimum Gasteiger partial charge on any atom is -0.494 e. The first-order valence-electron chi connectivity index (χ1n) is 10.2. The molecule has 0 unspecified atom stereocenters. The number of fused-ring (bicyclic) bond motifs is 3. The van der Waals surface area contributed by atoms with Crippen LogP contribution in [0.2, 0.25) is 0 Å². The van der Waals surface area contributed by atoms with Crippen molar-refractivity contribution in [3.05, 3.63) is 23.5 Å². The number of hydrogen-bond donors (Lipinski definition) is 3. The van der Waals surface area contributed by atoms with Gasteiger partial charge in [0, 0.05) is 13.1 Å². The summed E-state index contributed by atoms with van der Waals surface area (Å²) in [7, 11) is 1.64. The molecule has 30 heavy (non-hydrogen) atoms. The second-order valence-electron chi connectivity index (χ2n) is 7.76. The fraction of sp³-hybridized carbons (Fsp3) is 0.524. The number of ether oxygens (including phenoxy) is 1. The minimum atomic E-state index is -0.965. The molecule has 9 nitrogen and oxygen atoms in total. The van der Waals surface area contributed by atoms with Crippen molar-refractivity contribution in [2.45, 2.75) is 46.6 Å². The van der Waals surface area contributed by atoms with E-state index < -0.39 is 6.10 Å². The highest BCUT2D eigenvalue weighted by molar-refractivity contribution is 5.88. The molecule has 1 amide bonds. The van der Waals surface area contributed by atoms with E-state index in [1.807, 2.05) is 44.2 Å². The van der Waals surface area contributed by atoms with Crippen LogP contribution in [0.1, 0.15) is 38.1 Å². The predicted octanol–water partition coefficient (Wildman–Crippen LogP) is 2.23. The maximum atomic E-state index is 11.8. The molecule has 0 aliphatic rings. The average Bonchev–Trinajstić information content (AvgIpc) is 3.11. The molecule has 3 aromatic rings. The number of aryl methyl sites for hydroxylation is 2. The number of carbonyl (C=O) groups excluding carboxylic acids is 1. The van der Waals surface area contributed by atoms with Crippen LogP contribution in [0.15, 0.2) is 12.1 Å².